The Morgan fingerprint density at radius 2 is 2.02 bits per heavy atom. The van der Waals surface area contributed by atoms with Gasteiger partial charge in [-0.15, -0.1) is 0 Å². The number of pyridine rings is 1. The van der Waals surface area contributed by atoms with E-state index >= 15 is 0 Å². The van der Waals surface area contributed by atoms with Crippen molar-refractivity contribution in [2.24, 2.45) is 0 Å². The lowest BCUT2D eigenvalue weighted by Crippen LogP contribution is -2.57. The molecule has 2 saturated heterocycles. The summed E-state index contributed by atoms with van der Waals surface area (Å²) in [5.74, 6) is -1.05. The largest absolute Gasteiger partial charge is 0.462 e. The number of carbonyl (C=O) groups excluding carboxylic acids is 1. The van der Waals surface area contributed by atoms with Crippen molar-refractivity contribution in [3.05, 3.63) is 70.7 Å². The topological polar surface area (TPSA) is 85.5 Å². The van der Waals surface area contributed by atoms with Crippen LogP contribution in [-0.4, -0.2) is 121 Å². The van der Waals surface area contributed by atoms with Gasteiger partial charge in [-0.2, -0.15) is 9.97 Å². The molecular formula is C32H37ClFN9O2. The fourth-order valence-electron chi connectivity index (χ4n) is 6.47. The average Bonchev–Trinajstić information content (AvgIpc) is 3.02. The lowest BCUT2D eigenvalue weighted by molar-refractivity contribution is -0.131. The van der Waals surface area contributed by atoms with Crippen molar-refractivity contribution in [3.8, 4) is 6.01 Å². The van der Waals surface area contributed by atoms with E-state index in [1.165, 1.54) is 4.90 Å². The Balaban J connectivity index is 1.29. The summed E-state index contributed by atoms with van der Waals surface area (Å²) in [6.45, 7) is 16.2. The monoisotopic (exact) mass is 633 g/mol. The maximum absolute atomic E-state index is 13.8. The number of halogens is 2. The molecule has 0 aliphatic carbocycles. The van der Waals surface area contributed by atoms with Gasteiger partial charge in [-0.3, -0.25) is 14.7 Å². The van der Waals surface area contributed by atoms with E-state index in [2.05, 4.69) is 50.1 Å². The van der Waals surface area contributed by atoms with Crippen LogP contribution in [0.5, 0.6) is 6.01 Å². The molecule has 2 fully saturated rings. The molecule has 1 aromatic carbocycles. The third-order valence-electron chi connectivity index (χ3n) is 9.00. The smallest absolute Gasteiger partial charge is 0.318 e. The van der Waals surface area contributed by atoms with Crippen molar-refractivity contribution in [3.63, 3.8) is 0 Å². The predicted octanol–water partition coefficient (Wildman–Crippen LogP) is 3.29. The van der Waals surface area contributed by atoms with Crippen LogP contribution < -0.4 is 14.5 Å². The first-order valence-corrected chi connectivity index (χ1v) is 15.5. The number of carbonyl (C=O) groups is 1. The van der Waals surface area contributed by atoms with Gasteiger partial charge in [-0.1, -0.05) is 30.3 Å². The van der Waals surface area contributed by atoms with Crippen molar-refractivity contribution in [2.45, 2.75) is 25.0 Å². The summed E-state index contributed by atoms with van der Waals surface area (Å²) in [6.07, 6.45) is 4.32. The van der Waals surface area contributed by atoms with Gasteiger partial charge < -0.3 is 29.2 Å². The van der Waals surface area contributed by atoms with Gasteiger partial charge in [-0.25, -0.2) is 11.0 Å². The number of anilines is 2. The summed E-state index contributed by atoms with van der Waals surface area (Å²) < 4.78 is 20.0. The first kappa shape index (κ1) is 31.0. The summed E-state index contributed by atoms with van der Waals surface area (Å²) in [5, 5.41) is 2.58. The van der Waals surface area contributed by atoms with E-state index < -0.39 is 17.8 Å². The summed E-state index contributed by atoms with van der Waals surface area (Å²) >= 11 is 6.66. The standard InChI is InChI=1S/C32H37ClFN9O2/c1-21(34)31(44)43-11-10-42(19-23(43)15-35-2)30-25-8-9-41(28-16-36-14-22-6-5-7-26(33)29(22)28)20-27(25)37-32(38-30)45-13-12-40(4)24-17-39(3)18-24/h5-7,14,16,23-24H,1,8-13,15,17-20H2,3-4H3/t23-/m0/s1. The van der Waals surface area contributed by atoms with Crippen molar-refractivity contribution < 1.29 is 13.9 Å². The Morgan fingerprint density at radius 1 is 1.20 bits per heavy atom. The molecule has 3 aliphatic rings. The zero-order chi connectivity index (χ0) is 31.7. The Hall–Kier alpha value is -4.05. The number of piperazine rings is 1. The first-order valence-electron chi connectivity index (χ1n) is 15.2. The third-order valence-corrected chi connectivity index (χ3v) is 9.31. The Morgan fingerprint density at radius 3 is 2.78 bits per heavy atom. The molecule has 0 spiro atoms. The fourth-order valence-corrected chi connectivity index (χ4v) is 6.75. The van der Waals surface area contributed by atoms with Crippen molar-refractivity contribution in [2.75, 3.05) is 82.9 Å². The second-order valence-electron chi connectivity index (χ2n) is 12.0. The van der Waals surface area contributed by atoms with Crippen LogP contribution in [0.4, 0.5) is 15.9 Å². The Kier molecular flexibility index (Phi) is 9.03. The molecule has 2 aromatic heterocycles. The van der Waals surface area contributed by atoms with E-state index in [0.29, 0.717) is 50.3 Å². The van der Waals surface area contributed by atoms with E-state index in [-0.39, 0.29) is 19.1 Å². The van der Waals surface area contributed by atoms with E-state index in [1.807, 2.05) is 30.6 Å². The van der Waals surface area contributed by atoms with Gasteiger partial charge in [0.2, 0.25) is 6.54 Å². The number of benzene rings is 1. The van der Waals surface area contributed by atoms with E-state index in [9.17, 15) is 9.18 Å². The molecule has 13 heteroatoms. The molecule has 0 unspecified atom stereocenters. The highest BCUT2D eigenvalue weighted by atomic mass is 35.5. The number of hydrogen-bond acceptors (Lipinski definition) is 9. The van der Waals surface area contributed by atoms with Crippen LogP contribution in [0.15, 0.2) is 43.0 Å². The highest BCUT2D eigenvalue weighted by Gasteiger charge is 2.36. The molecule has 6 rings (SSSR count). The molecule has 11 nitrogen and oxygen atoms in total. The average molecular weight is 634 g/mol. The number of aromatic nitrogens is 3. The minimum atomic E-state index is -1.02. The number of fused-ring (bicyclic) bond motifs is 2. The van der Waals surface area contributed by atoms with Crippen LogP contribution in [0.3, 0.4) is 0 Å². The zero-order valence-corrected chi connectivity index (χ0v) is 26.4. The van der Waals surface area contributed by atoms with Crippen LogP contribution in [-0.2, 0) is 17.8 Å². The predicted molar refractivity (Wildman–Crippen MR) is 172 cm³/mol. The zero-order valence-electron chi connectivity index (χ0n) is 25.6. The highest BCUT2D eigenvalue weighted by molar-refractivity contribution is 6.36. The lowest BCUT2D eigenvalue weighted by Gasteiger charge is -2.42. The van der Waals surface area contributed by atoms with Crippen LogP contribution in [0.1, 0.15) is 11.3 Å². The second kappa shape index (κ2) is 13.1. The Bertz CT molecular complexity index is 1640. The van der Waals surface area contributed by atoms with Gasteiger partial charge >= 0.3 is 6.01 Å². The van der Waals surface area contributed by atoms with Gasteiger partial charge in [-0.05, 0) is 26.6 Å². The number of hydrogen-bond donors (Lipinski definition) is 0. The summed E-state index contributed by atoms with van der Waals surface area (Å²) in [4.78, 5) is 40.6. The van der Waals surface area contributed by atoms with Crippen LogP contribution >= 0.6 is 11.6 Å². The number of likely N-dealkylation sites (tertiary alicyclic amines) is 1. The number of nitrogens with zero attached hydrogens (tertiary/aromatic N) is 9. The van der Waals surface area contributed by atoms with E-state index in [4.69, 9.17) is 32.9 Å². The van der Waals surface area contributed by atoms with Gasteiger partial charge in [0.05, 0.1) is 29.1 Å². The van der Waals surface area contributed by atoms with E-state index in [1.54, 1.807) is 0 Å². The molecular weight excluding hydrogens is 597 g/mol. The van der Waals surface area contributed by atoms with Crippen molar-refractivity contribution >= 4 is 39.8 Å². The maximum Gasteiger partial charge on any atom is 0.318 e. The summed E-state index contributed by atoms with van der Waals surface area (Å²) in [5.41, 5.74) is 2.79. The van der Waals surface area contributed by atoms with Gasteiger partial charge in [0.25, 0.3) is 5.91 Å². The normalized spacial score (nSPS) is 18.9. The quantitative estimate of drug-likeness (QED) is 0.260. The van der Waals surface area contributed by atoms with Crippen LogP contribution in [0.25, 0.3) is 15.6 Å². The molecule has 0 saturated carbocycles. The molecule has 0 bridgehead atoms. The minimum absolute atomic E-state index is 0.0530. The molecule has 0 N–H and O–H groups in total. The second-order valence-corrected chi connectivity index (χ2v) is 12.4. The first-order chi connectivity index (χ1) is 21.7. The fraction of sp³-hybridized carbons (Fsp3) is 0.469. The molecule has 1 amide bonds. The van der Waals surface area contributed by atoms with Gasteiger partial charge in [0.15, 0.2) is 5.83 Å². The summed E-state index contributed by atoms with van der Waals surface area (Å²) in [6, 6.07) is 6.11. The minimum Gasteiger partial charge on any atom is -0.462 e. The number of amides is 1. The molecule has 3 aliphatic heterocycles. The molecule has 3 aromatic rings. The molecule has 45 heavy (non-hydrogen) atoms. The third kappa shape index (κ3) is 6.38. The SMILES string of the molecule is [C-]#[N+]C[C@H]1CN(c2nc(OCCN(C)C3CN(C)C3)nc3c2CCN(c2cncc4cccc(Cl)c24)C3)CCN1C(=O)C(=C)F. The summed E-state index contributed by atoms with van der Waals surface area (Å²) in [7, 11) is 4.22. The Labute approximate surface area is 267 Å². The number of rotatable bonds is 9. The number of likely N-dealkylation sites (N-methyl/N-ethyl adjacent to an activating group) is 2. The van der Waals surface area contributed by atoms with Crippen molar-refractivity contribution in [1.82, 2.24) is 29.7 Å². The molecule has 1 atom stereocenters. The van der Waals surface area contributed by atoms with Crippen molar-refractivity contribution in [1.29, 1.82) is 0 Å². The van der Waals surface area contributed by atoms with Gasteiger partial charge in [0, 0.05) is 74.4 Å². The maximum atomic E-state index is 13.8. The molecule has 0 radical (unpaired) electrons. The van der Waals surface area contributed by atoms with Crippen LogP contribution in [0, 0.1) is 6.57 Å². The molecule has 5 heterocycles. The lowest BCUT2D eigenvalue weighted by atomic mass is 10.0. The van der Waals surface area contributed by atoms with Gasteiger partial charge in [0.1, 0.15) is 18.5 Å². The highest BCUT2D eigenvalue weighted by Crippen LogP contribution is 2.36. The van der Waals surface area contributed by atoms with Crippen LogP contribution in [0.2, 0.25) is 5.02 Å². The van der Waals surface area contributed by atoms with E-state index in [0.717, 1.165) is 53.2 Å². The molecule has 236 valence electrons. The number of ether oxygens (including phenoxy) is 1.